The highest BCUT2D eigenvalue weighted by Crippen LogP contribution is 2.32. The van der Waals surface area contributed by atoms with Crippen LogP contribution >= 0.6 is 11.6 Å². The van der Waals surface area contributed by atoms with Gasteiger partial charge < -0.3 is 10.5 Å². The van der Waals surface area contributed by atoms with Crippen LogP contribution in [0.25, 0.3) is 0 Å². The summed E-state index contributed by atoms with van der Waals surface area (Å²) in [5.41, 5.74) is 4.60. The molecule has 0 amide bonds. The smallest absolute Gasteiger partial charge is 0.433 e. The van der Waals surface area contributed by atoms with Crippen molar-refractivity contribution in [3.63, 3.8) is 0 Å². The molecule has 2 rings (SSSR count). The highest BCUT2D eigenvalue weighted by atomic mass is 35.5. The Balaban J connectivity index is 2.39. The lowest BCUT2D eigenvalue weighted by Gasteiger charge is -2.12. The molecule has 0 fully saturated rings. The molecule has 0 saturated carbocycles. The molecule has 0 spiro atoms. The molecule has 1 aromatic heterocycles. The van der Waals surface area contributed by atoms with Crippen molar-refractivity contribution in [2.45, 2.75) is 12.7 Å². The Morgan fingerprint density at radius 3 is 2.48 bits per heavy atom. The van der Waals surface area contributed by atoms with Crippen molar-refractivity contribution < 1.29 is 22.3 Å². The minimum atomic E-state index is -4.61. The third-order valence-electron chi connectivity index (χ3n) is 2.56. The Labute approximate surface area is 122 Å². The maximum absolute atomic E-state index is 13.0. The van der Waals surface area contributed by atoms with Gasteiger partial charge in [-0.15, -0.1) is 0 Å². The van der Waals surface area contributed by atoms with Gasteiger partial charge >= 0.3 is 6.18 Å². The van der Waals surface area contributed by atoms with Gasteiger partial charge in [-0.25, -0.2) is 9.37 Å². The fraction of sp³-hybridized carbons (Fsp3) is 0.154. The number of alkyl halides is 3. The fourth-order valence-electron chi connectivity index (χ4n) is 1.52. The minimum Gasteiger partial charge on any atom is -0.439 e. The van der Waals surface area contributed by atoms with Gasteiger partial charge in [0.2, 0.25) is 5.88 Å². The fourth-order valence-corrected chi connectivity index (χ4v) is 1.69. The van der Waals surface area contributed by atoms with Gasteiger partial charge in [-0.2, -0.15) is 13.2 Å². The number of nitrogens with zero attached hydrogens (tertiary/aromatic N) is 1. The summed E-state index contributed by atoms with van der Waals surface area (Å²) in [6.45, 7) is -0.0601. The number of hydrogen-bond donors (Lipinski definition) is 1. The summed E-state index contributed by atoms with van der Waals surface area (Å²) >= 11 is 5.58. The first-order valence-corrected chi connectivity index (χ1v) is 6.09. The normalized spacial score (nSPS) is 11.5. The van der Waals surface area contributed by atoms with Crippen molar-refractivity contribution in [3.05, 3.63) is 52.4 Å². The molecule has 8 heteroatoms. The van der Waals surface area contributed by atoms with E-state index < -0.39 is 17.7 Å². The lowest BCUT2D eigenvalue weighted by molar-refractivity contribution is -0.141. The van der Waals surface area contributed by atoms with Gasteiger partial charge in [-0.1, -0.05) is 17.7 Å². The second-order valence-electron chi connectivity index (χ2n) is 4.04. The van der Waals surface area contributed by atoms with E-state index in [1.165, 1.54) is 12.1 Å². The predicted molar refractivity (Wildman–Crippen MR) is 68.6 cm³/mol. The molecule has 1 aromatic carbocycles. The Bertz CT molecular complexity index is 661. The molecule has 0 aliphatic carbocycles. The molecule has 0 aliphatic rings. The minimum absolute atomic E-state index is 0.0583. The van der Waals surface area contributed by atoms with Crippen LogP contribution in [-0.2, 0) is 12.7 Å². The van der Waals surface area contributed by atoms with Gasteiger partial charge in [0.15, 0.2) is 0 Å². The lowest BCUT2D eigenvalue weighted by atomic mass is 10.2. The van der Waals surface area contributed by atoms with Crippen LogP contribution in [0, 0.1) is 5.82 Å². The molecule has 112 valence electrons. The SMILES string of the molecule is NCc1ccc(C(F)(F)F)nc1Oc1ccc(F)c(Cl)c1. The number of pyridine rings is 1. The molecule has 0 unspecified atom stereocenters. The second-order valence-corrected chi connectivity index (χ2v) is 4.45. The highest BCUT2D eigenvalue weighted by molar-refractivity contribution is 6.30. The molecule has 3 nitrogen and oxygen atoms in total. The molecule has 2 aromatic rings. The summed E-state index contributed by atoms with van der Waals surface area (Å²) in [6.07, 6.45) is -4.61. The number of benzene rings is 1. The van der Waals surface area contributed by atoms with Crippen molar-refractivity contribution in [2.24, 2.45) is 5.73 Å². The molecule has 0 aliphatic heterocycles. The summed E-state index contributed by atoms with van der Waals surface area (Å²) in [5, 5.41) is -0.214. The molecule has 1 heterocycles. The number of nitrogens with two attached hydrogens (primary N) is 1. The molecular weight excluding hydrogens is 312 g/mol. The average Bonchev–Trinajstić information content (AvgIpc) is 2.42. The van der Waals surface area contributed by atoms with E-state index in [1.54, 1.807) is 0 Å². The maximum atomic E-state index is 13.0. The van der Waals surface area contributed by atoms with E-state index in [2.05, 4.69) is 4.98 Å². The average molecular weight is 321 g/mol. The summed E-state index contributed by atoms with van der Waals surface area (Å²) < 4.78 is 56.2. The van der Waals surface area contributed by atoms with E-state index in [-0.39, 0.29) is 28.8 Å². The zero-order chi connectivity index (χ0) is 15.6. The van der Waals surface area contributed by atoms with E-state index in [9.17, 15) is 17.6 Å². The van der Waals surface area contributed by atoms with Crippen molar-refractivity contribution in [2.75, 3.05) is 0 Å². The number of aromatic nitrogens is 1. The Kier molecular flexibility index (Phi) is 4.34. The third kappa shape index (κ3) is 3.62. The number of ether oxygens (including phenoxy) is 1. The van der Waals surface area contributed by atoms with Gasteiger partial charge in [-0.05, 0) is 18.2 Å². The number of halogens is 5. The number of rotatable bonds is 3. The second kappa shape index (κ2) is 5.87. The monoisotopic (exact) mass is 320 g/mol. The highest BCUT2D eigenvalue weighted by Gasteiger charge is 2.33. The Morgan fingerprint density at radius 1 is 1.19 bits per heavy atom. The van der Waals surface area contributed by atoms with Crippen LogP contribution in [0.15, 0.2) is 30.3 Å². The molecule has 0 atom stereocenters. The summed E-state index contributed by atoms with van der Waals surface area (Å²) in [5.74, 6) is -0.905. The van der Waals surface area contributed by atoms with Crippen LogP contribution in [0.2, 0.25) is 5.02 Å². The van der Waals surface area contributed by atoms with Crippen LogP contribution in [-0.4, -0.2) is 4.98 Å². The van der Waals surface area contributed by atoms with Crippen LogP contribution in [0.1, 0.15) is 11.3 Å². The van der Waals surface area contributed by atoms with Crippen molar-refractivity contribution in [1.29, 1.82) is 0 Å². The Hall–Kier alpha value is -1.86. The van der Waals surface area contributed by atoms with Crippen LogP contribution in [0.5, 0.6) is 11.6 Å². The van der Waals surface area contributed by atoms with Crippen LogP contribution in [0.4, 0.5) is 17.6 Å². The molecule has 2 N–H and O–H groups in total. The van der Waals surface area contributed by atoms with E-state index in [0.717, 1.165) is 18.2 Å². The quantitative estimate of drug-likeness (QED) is 0.864. The van der Waals surface area contributed by atoms with Gasteiger partial charge in [-0.3, -0.25) is 0 Å². The molecular formula is C13H9ClF4N2O. The number of hydrogen-bond acceptors (Lipinski definition) is 3. The largest absolute Gasteiger partial charge is 0.439 e. The lowest BCUT2D eigenvalue weighted by Crippen LogP contribution is -2.10. The zero-order valence-corrected chi connectivity index (χ0v) is 11.2. The molecule has 21 heavy (non-hydrogen) atoms. The predicted octanol–water partition coefficient (Wildman–Crippen LogP) is 4.14. The molecule has 0 bridgehead atoms. The molecule has 0 radical (unpaired) electrons. The summed E-state index contributed by atoms with van der Waals surface area (Å²) in [6, 6.07) is 5.39. The Morgan fingerprint density at radius 2 is 1.90 bits per heavy atom. The van der Waals surface area contributed by atoms with Gasteiger partial charge in [0, 0.05) is 18.2 Å². The zero-order valence-electron chi connectivity index (χ0n) is 10.4. The molecule has 0 saturated heterocycles. The van der Waals surface area contributed by atoms with Gasteiger partial charge in [0.25, 0.3) is 0 Å². The van der Waals surface area contributed by atoms with Crippen molar-refractivity contribution in [1.82, 2.24) is 4.98 Å². The first kappa shape index (κ1) is 15.5. The topological polar surface area (TPSA) is 48.1 Å². The third-order valence-corrected chi connectivity index (χ3v) is 2.84. The van der Waals surface area contributed by atoms with E-state index >= 15 is 0 Å². The van der Waals surface area contributed by atoms with Gasteiger partial charge in [0.05, 0.1) is 5.02 Å². The van der Waals surface area contributed by atoms with E-state index in [4.69, 9.17) is 22.1 Å². The van der Waals surface area contributed by atoms with Gasteiger partial charge in [0.1, 0.15) is 17.3 Å². The summed E-state index contributed by atoms with van der Waals surface area (Å²) in [4.78, 5) is 3.40. The standard InChI is InChI=1S/C13H9ClF4N2O/c14-9-5-8(2-3-10(9)15)21-12-7(6-19)1-4-11(20-12)13(16,17)18/h1-5H,6,19H2. The first-order chi connectivity index (χ1) is 9.81. The first-order valence-electron chi connectivity index (χ1n) is 5.71. The van der Waals surface area contributed by atoms with Crippen molar-refractivity contribution >= 4 is 11.6 Å². The van der Waals surface area contributed by atoms with E-state index in [0.29, 0.717) is 0 Å². The van der Waals surface area contributed by atoms with Crippen molar-refractivity contribution in [3.8, 4) is 11.6 Å². The maximum Gasteiger partial charge on any atom is 0.433 e. The van der Waals surface area contributed by atoms with Crippen LogP contribution < -0.4 is 10.5 Å². The summed E-state index contributed by atoms with van der Waals surface area (Å²) in [7, 11) is 0. The van der Waals surface area contributed by atoms with Crippen LogP contribution in [0.3, 0.4) is 0 Å². The van der Waals surface area contributed by atoms with E-state index in [1.807, 2.05) is 0 Å².